The van der Waals surface area contributed by atoms with Gasteiger partial charge in [0.05, 0.1) is 13.0 Å². The van der Waals surface area contributed by atoms with Crippen LogP contribution in [0, 0.1) is 0 Å². The number of rotatable bonds is 3. The minimum absolute atomic E-state index is 0.131. The van der Waals surface area contributed by atoms with Gasteiger partial charge in [0.25, 0.3) is 5.91 Å². The molecule has 0 aromatic rings. The quantitative estimate of drug-likeness (QED) is 0.702. The minimum Gasteiger partial charge on any atom is -0.443 e. The van der Waals surface area contributed by atoms with Crippen LogP contribution in [-0.2, 0) is 14.3 Å². The van der Waals surface area contributed by atoms with Crippen molar-refractivity contribution in [1.82, 2.24) is 10.9 Å². The van der Waals surface area contributed by atoms with Crippen LogP contribution in [0.3, 0.4) is 0 Å². The Balaban J connectivity index is 3.67. The maximum atomic E-state index is 11.0. The van der Waals surface area contributed by atoms with Gasteiger partial charge in [-0.15, -0.1) is 5.43 Å². The minimum atomic E-state index is -0.742. The average Bonchev–Trinajstić information content (AvgIpc) is 2.08. The number of hydrogen-bond acceptors (Lipinski definition) is 4. The van der Waals surface area contributed by atoms with Crippen molar-refractivity contribution >= 4 is 12.0 Å². The van der Waals surface area contributed by atoms with Crippen molar-refractivity contribution in [3.05, 3.63) is 0 Å². The van der Waals surface area contributed by atoms with Crippen LogP contribution in [0.15, 0.2) is 0 Å². The van der Waals surface area contributed by atoms with Gasteiger partial charge >= 0.3 is 6.09 Å². The number of nitrogens with one attached hydrogen (secondary N) is 1. The number of carbonyl (C=O) groups excluding carboxylic acids is 2. The van der Waals surface area contributed by atoms with Crippen molar-refractivity contribution in [2.75, 3.05) is 13.7 Å². The zero-order chi connectivity index (χ0) is 11.9. The van der Waals surface area contributed by atoms with E-state index in [-0.39, 0.29) is 13.0 Å². The van der Waals surface area contributed by atoms with Crippen LogP contribution in [0.4, 0.5) is 4.79 Å². The second-order valence-corrected chi connectivity index (χ2v) is 3.86. The van der Waals surface area contributed by atoms with Crippen LogP contribution in [0.1, 0.15) is 27.2 Å². The predicted octanol–water partition coefficient (Wildman–Crippen LogP) is 0.594. The predicted molar refractivity (Wildman–Crippen MR) is 53.0 cm³/mol. The summed E-state index contributed by atoms with van der Waals surface area (Å²) in [6.07, 6.45) is -0.611. The first kappa shape index (κ1) is 13.7. The first-order valence-corrected chi connectivity index (χ1v) is 4.56. The molecule has 2 amide bonds. The maximum Gasteiger partial charge on any atom is 0.428 e. The Morgan fingerprint density at radius 2 is 1.93 bits per heavy atom. The monoisotopic (exact) mass is 217 g/mol. The summed E-state index contributed by atoms with van der Waals surface area (Å²) in [5, 5.41) is 0. The zero-order valence-electron chi connectivity index (χ0n) is 9.49. The molecule has 0 atom stereocenters. The second-order valence-electron chi connectivity index (χ2n) is 3.86. The Morgan fingerprint density at radius 1 is 1.33 bits per heavy atom. The summed E-state index contributed by atoms with van der Waals surface area (Å²) < 4.78 is 9.54. The fraction of sp³-hybridized carbons (Fsp3) is 0.778. The van der Waals surface area contributed by atoms with E-state index in [0.717, 1.165) is 0 Å². The summed E-state index contributed by atoms with van der Waals surface area (Å²) in [7, 11) is 1.48. The number of amides is 2. The van der Waals surface area contributed by atoms with E-state index in [1.165, 1.54) is 7.11 Å². The van der Waals surface area contributed by atoms with Crippen molar-refractivity contribution in [2.45, 2.75) is 32.8 Å². The molecular weight excluding hydrogens is 200 g/mol. The fourth-order valence-electron chi connectivity index (χ4n) is 0.654. The Bertz CT molecular complexity index is 223. The molecule has 6 nitrogen and oxygen atoms in total. The third-order valence-corrected chi connectivity index (χ3v) is 1.19. The zero-order valence-corrected chi connectivity index (χ0v) is 9.49. The van der Waals surface area contributed by atoms with E-state index in [9.17, 15) is 9.59 Å². The number of nitrogens with zero attached hydrogens (tertiary/aromatic N) is 1. The van der Waals surface area contributed by atoms with Crippen molar-refractivity contribution in [3.8, 4) is 0 Å². The SMILES string of the molecule is COCCC(=O)[N]NC(=O)OC(C)(C)C. The maximum absolute atomic E-state index is 11.0. The van der Waals surface area contributed by atoms with Crippen molar-refractivity contribution in [2.24, 2.45) is 0 Å². The molecule has 0 aliphatic carbocycles. The lowest BCUT2D eigenvalue weighted by Gasteiger charge is -2.18. The molecule has 1 N–H and O–H groups in total. The van der Waals surface area contributed by atoms with Crippen molar-refractivity contribution in [1.29, 1.82) is 0 Å². The Hall–Kier alpha value is -1.30. The third-order valence-electron chi connectivity index (χ3n) is 1.19. The summed E-state index contributed by atoms with van der Waals surface area (Å²) in [4.78, 5) is 22.0. The van der Waals surface area contributed by atoms with Gasteiger partial charge in [-0.1, -0.05) is 0 Å². The van der Waals surface area contributed by atoms with E-state index in [4.69, 9.17) is 4.74 Å². The summed E-state index contributed by atoms with van der Waals surface area (Å²) >= 11 is 0. The van der Waals surface area contributed by atoms with Gasteiger partial charge in [0.1, 0.15) is 5.60 Å². The molecule has 0 bridgehead atoms. The van der Waals surface area contributed by atoms with Gasteiger partial charge in [-0.05, 0) is 20.8 Å². The first-order chi connectivity index (χ1) is 6.85. The van der Waals surface area contributed by atoms with Crippen LogP contribution in [0.5, 0.6) is 0 Å². The van der Waals surface area contributed by atoms with E-state index >= 15 is 0 Å². The molecule has 0 rings (SSSR count). The highest BCUT2D eigenvalue weighted by molar-refractivity contribution is 5.78. The van der Waals surface area contributed by atoms with E-state index in [2.05, 4.69) is 10.2 Å². The summed E-state index contributed by atoms with van der Waals surface area (Å²) in [5.74, 6) is -0.456. The van der Waals surface area contributed by atoms with E-state index in [1.54, 1.807) is 20.8 Å². The van der Waals surface area contributed by atoms with Crippen LogP contribution >= 0.6 is 0 Å². The Morgan fingerprint density at radius 3 is 2.40 bits per heavy atom. The highest BCUT2D eigenvalue weighted by atomic mass is 16.6. The van der Waals surface area contributed by atoms with Crippen LogP contribution in [0.25, 0.3) is 0 Å². The van der Waals surface area contributed by atoms with E-state index in [1.807, 2.05) is 5.43 Å². The number of carbonyl (C=O) groups is 2. The van der Waals surface area contributed by atoms with E-state index in [0.29, 0.717) is 0 Å². The standard InChI is InChI=1S/C9H17N2O4/c1-9(2,3)15-8(13)11-10-7(12)5-6-14-4/h5-6H2,1-4H3,(H,11,13). The highest BCUT2D eigenvalue weighted by Crippen LogP contribution is 2.05. The second kappa shape index (κ2) is 6.23. The van der Waals surface area contributed by atoms with E-state index < -0.39 is 17.6 Å². The summed E-state index contributed by atoms with van der Waals surface area (Å²) in [5.41, 5.74) is 4.71. The van der Waals surface area contributed by atoms with Crippen molar-refractivity contribution in [3.63, 3.8) is 0 Å². The largest absolute Gasteiger partial charge is 0.443 e. The molecule has 0 fully saturated rings. The Labute approximate surface area is 89.3 Å². The lowest BCUT2D eigenvalue weighted by atomic mass is 10.2. The molecule has 15 heavy (non-hydrogen) atoms. The van der Waals surface area contributed by atoms with Crippen molar-refractivity contribution < 1.29 is 19.1 Å². The van der Waals surface area contributed by atoms with Gasteiger partial charge in [-0.3, -0.25) is 4.79 Å². The summed E-state index contributed by atoms with van der Waals surface area (Å²) in [6.45, 7) is 5.44. The van der Waals surface area contributed by atoms with Gasteiger partial charge in [0.15, 0.2) is 0 Å². The van der Waals surface area contributed by atoms with Gasteiger partial charge in [-0.2, -0.15) is 0 Å². The molecule has 0 saturated heterocycles. The lowest BCUT2D eigenvalue weighted by molar-refractivity contribution is -0.123. The average molecular weight is 217 g/mol. The number of methoxy groups -OCH3 is 1. The molecule has 0 aromatic carbocycles. The molecule has 6 heteroatoms. The fourth-order valence-corrected chi connectivity index (χ4v) is 0.654. The normalized spacial score (nSPS) is 10.7. The van der Waals surface area contributed by atoms with Gasteiger partial charge in [0, 0.05) is 7.11 Å². The van der Waals surface area contributed by atoms with Gasteiger partial charge in [-0.25, -0.2) is 10.2 Å². The number of hydrogen-bond donors (Lipinski definition) is 1. The molecular formula is C9H17N2O4. The topological polar surface area (TPSA) is 78.7 Å². The molecule has 0 aliphatic heterocycles. The molecule has 0 aromatic heterocycles. The molecule has 87 valence electrons. The molecule has 0 saturated carbocycles. The Kier molecular flexibility index (Phi) is 5.69. The molecule has 1 radical (unpaired) electrons. The third kappa shape index (κ3) is 9.01. The molecule has 0 unspecified atom stereocenters. The van der Waals surface area contributed by atoms with Crippen LogP contribution in [0.2, 0.25) is 0 Å². The molecule has 0 heterocycles. The van der Waals surface area contributed by atoms with Gasteiger partial charge in [0.2, 0.25) is 0 Å². The summed E-state index contributed by atoms with van der Waals surface area (Å²) in [6, 6.07) is 0. The lowest BCUT2D eigenvalue weighted by Crippen LogP contribution is -2.39. The smallest absolute Gasteiger partial charge is 0.428 e. The van der Waals surface area contributed by atoms with Crippen LogP contribution in [-0.4, -0.2) is 31.3 Å². The molecule has 0 spiro atoms. The van der Waals surface area contributed by atoms with Gasteiger partial charge < -0.3 is 9.47 Å². The van der Waals surface area contributed by atoms with Crippen LogP contribution < -0.4 is 10.9 Å². The number of ether oxygens (including phenoxy) is 2. The first-order valence-electron chi connectivity index (χ1n) is 4.56. The molecule has 0 aliphatic rings. The highest BCUT2D eigenvalue weighted by Gasteiger charge is 2.16.